The molecule has 2 aromatic rings. The molecule has 4 heteroatoms. The summed E-state index contributed by atoms with van der Waals surface area (Å²) in [6.07, 6.45) is 9.97. The van der Waals surface area contributed by atoms with Crippen LogP contribution in [0.1, 0.15) is 36.0 Å². The Morgan fingerprint density at radius 2 is 1.96 bits per heavy atom. The van der Waals surface area contributed by atoms with E-state index in [4.69, 9.17) is 0 Å². The van der Waals surface area contributed by atoms with Crippen molar-refractivity contribution in [3.8, 4) is 0 Å². The summed E-state index contributed by atoms with van der Waals surface area (Å²) >= 11 is 0. The number of hydrogen-bond acceptors (Lipinski definition) is 3. The van der Waals surface area contributed by atoms with Crippen molar-refractivity contribution in [1.29, 1.82) is 0 Å². The third kappa shape index (κ3) is 3.06. The Kier molecular flexibility index (Phi) is 3.95. The van der Waals surface area contributed by atoms with Crippen LogP contribution in [0.15, 0.2) is 36.7 Å². The molecule has 2 aliphatic carbocycles. The van der Waals surface area contributed by atoms with E-state index in [0.29, 0.717) is 0 Å². The summed E-state index contributed by atoms with van der Waals surface area (Å²) < 4.78 is 2.08. The molecule has 0 aliphatic heterocycles. The van der Waals surface area contributed by atoms with Gasteiger partial charge in [-0.25, -0.2) is 0 Å². The van der Waals surface area contributed by atoms with E-state index >= 15 is 0 Å². The summed E-state index contributed by atoms with van der Waals surface area (Å²) in [5.74, 6) is 0.823. The van der Waals surface area contributed by atoms with Crippen molar-refractivity contribution in [3.05, 3.63) is 53.3 Å². The van der Waals surface area contributed by atoms with Gasteiger partial charge in [0.1, 0.15) is 0 Å². The molecule has 4 nitrogen and oxygen atoms in total. The van der Waals surface area contributed by atoms with Crippen molar-refractivity contribution in [2.24, 2.45) is 5.92 Å². The SMILES string of the molecule is OCC1(NCc2cnn(CC3CCC3)c2)Cc2ccccc2C1. The van der Waals surface area contributed by atoms with Crippen LogP contribution in [0.3, 0.4) is 0 Å². The van der Waals surface area contributed by atoms with Crippen LogP contribution in [0.4, 0.5) is 0 Å². The van der Waals surface area contributed by atoms with Crippen LogP contribution in [-0.4, -0.2) is 27.0 Å². The monoisotopic (exact) mass is 311 g/mol. The molecular formula is C19H25N3O. The molecule has 0 saturated heterocycles. The zero-order chi connectivity index (χ0) is 15.7. The van der Waals surface area contributed by atoms with Crippen LogP contribution in [0.25, 0.3) is 0 Å². The van der Waals surface area contributed by atoms with E-state index in [9.17, 15) is 5.11 Å². The minimum atomic E-state index is -0.222. The van der Waals surface area contributed by atoms with Gasteiger partial charge in [0.25, 0.3) is 0 Å². The van der Waals surface area contributed by atoms with E-state index in [2.05, 4.69) is 45.6 Å². The van der Waals surface area contributed by atoms with Gasteiger partial charge in [-0.05, 0) is 42.7 Å². The average molecular weight is 311 g/mol. The number of fused-ring (bicyclic) bond motifs is 1. The fourth-order valence-electron chi connectivity index (χ4n) is 3.81. The zero-order valence-corrected chi connectivity index (χ0v) is 13.5. The van der Waals surface area contributed by atoms with Crippen LogP contribution in [-0.2, 0) is 25.9 Å². The Morgan fingerprint density at radius 1 is 1.22 bits per heavy atom. The minimum absolute atomic E-state index is 0.165. The van der Waals surface area contributed by atoms with E-state index in [1.807, 2.05) is 6.20 Å². The molecule has 0 amide bonds. The molecule has 1 saturated carbocycles. The fraction of sp³-hybridized carbons (Fsp3) is 0.526. The normalized spacial score (nSPS) is 19.5. The lowest BCUT2D eigenvalue weighted by Gasteiger charge is -2.28. The van der Waals surface area contributed by atoms with Gasteiger partial charge < -0.3 is 10.4 Å². The molecule has 0 unspecified atom stereocenters. The maximum atomic E-state index is 9.95. The number of nitrogens with one attached hydrogen (secondary N) is 1. The highest BCUT2D eigenvalue weighted by molar-refractivity contribution is 5.36. The van der Waals surface area contributed by atoms with Crippen molar-refractivity contribution >= 4 is 0 Å². The third-order valence-electron chi connectivity index (χ3n) is 5.50. The number of aliphatic hydroxyl groups excluding tert-OH is 1. The smallest absolute Gasteiger partial charge is 0.0619 e. The topological polar surface area (TPSA) is 50.1 Å². The summed E-state index contributed by atoms with van der Waals surface area (Å²) in [6, 6.07) is 8.50. The lowest BCUT2D eigenvalue weighted by Crippen LogP contribution is -2.49. The van der Waals surface area contributed by atoms with Gasteiger partial charge >= 0.3 is 0 Å². The largest absolute Gasteiger partial charge is 0.394 e. The van der Waals surface area contributed by atoms with Crippen LogP contribution < -0.4 is 5.32 Å². The molecule has 0 radical (unpaired) electrons. The molecule has 2 aliphatic rings. The first kappa shape index (κ1) is 14.9. The highest BCUT2D eigenvalue weighted by atomic mass is 16.3. The molecule has 4 rings (SSSR count). The minimum Gasteiger partial charge on any atom is -0.394 e. The molecule has 2 N–H and O–H groups in total. The summed E-state index contributed by atoms with van der Waals surface area (Å²) in [5.41, 5.74) is 3.69. The van der Waals surface area contributed by atoms with E-state index in [-0.39, 0.29) is 12.1 Å². The van der Waals surface area contributed by atoms with Gasteiger partial charge in [-0.3, -0.25) is 4.68 Å². The fourth-order valence-corrected chi connectivity index (χ4v) is 3.81. The number of aromatic nitrogens is 2. The number of aliphatic hydroxyl groups is 1. The molecule has 1 aromatic heterocycles. The third-order valence-corrected chi connectivity index (χ3v) is 5.50. The lowest BCUT2D eigenvalue weighted by molar-refractivity contribution is 0.166. The highest BCUT2D eigenvalue weighted by Crippen LogP contribution is 2.30. The second-order valence-corrected chi connectivity index (χ2v) is 7.28. The number of hydrogen-bond donors (Lipinski definition) is 2. The quantitative estimate of drug-likeness (QED) is 0.861. The molecule has 23 heavy (non-hydrogen) atoms. The first-order valence-electron chi connectivity index (χ1n) is 8.70. The second-order valence-electron chi connectivity index (χ2n) is 7.28. The Hall–Kier alpha value is -1.65. The average Bonchev–Trinajstić information content (AvgIpc) is 3.13. The standard InChI is InChI=1S/C19H25N3O/c23-14-19(8-17-6-1-2-7-18(17)9-19)20-10-16-11-21-22(13-16)12-15-4-3-5-15/h1-2,6-7,11,13,15,20,23H,3-5,8-10,12,14H2. The molecular weight excluding hydrogens is 286 g/mol. The lowest BCUT2D eigenvalue weighted by atomic mass is 9.85. The predicted octanol–water partition coefficient (Wildman–Crippen LogP) is 2.30. The molecule has 1 fully saturated rings. The molecule has 0 spiro atoms. The summed E-state index contributed by atoms with van der Waals surface area (Å²) in [4.78, 5) is 0. The maximum absolute atomic E-state index is 9.95. The first-order valence-corrected chi connectivity index (χ1v) is 8.70. The second kappa shape index (κ2) is 6.10. The van der Waals surface area contributed by atoms with E-state index < -0.39 is 0 Å². The summed E-state index contributed by atoms with van der Waals surface area (Å²) in [6.45, 7) is 1.98. The van der Waals surface area contributed by atoms with Crippen molar-refractivity contribution in [2.45, 2.75) is 50.7 Å². The molecule has 0 atom stereocenters. The molecule has 0 bridgehead atoms. The first-order chi connectivity index (χ1) is 11.3. The predicted molar refractivity (Wildman–Crippen MR) is 90.1 cm³/mol. The van der Waals surface area contributed by atoms with Gasteiger partial charge in [-0.15, -0.1) is 0 Å². The van der Waals surface area contributed by atoms with Gasteiger partial charge in [0.05, 0.1) is 12.8 Å². The van der Waals surface area contributed by atoms with Gasteiger partial charge in [0, 0.05) is 30.4 Å². The molecule has 1 heterocycles. The van der Waals surface area contributed by atoms with E-state index in [1.54, 1.807) is 0 Å². The summed E-state index contributed by atoms with van der Waals surface area (Å²) in [7, 11) is 0. The number of benzene rings is 1. The van der Waals surface area contributed by atoms with Crippen LogP contribution in [0, 0.1) is 5.92 Å². The maximum Gasteiger partial charge on any atom is 0.0619 e. The van der Waals surface area contributed by atoms with Gasteiger partial charge in [0.15, 0.2) is 0 Å². The van der Waals surface area contributed by atoms with Crippen molar-refractivity contribution in [3.63, 3.8) is 0 Å². The Labute approximate surface area is 137 Å². The number of rotatable bonds is 6. The van der Waals surface area contributed by atoms with Gasteiger partial charge in [-0.1, -0.05) is 30.7 Å². The van der Waals surface area contributed by atoms with E-state index in [1.165, 1.54) is 36.0 Å². The Morgan fingerprint density at radius 3 is 2.57 bits per heavy atom. The van der Waals surface area contributed by atoms with Crippen LogP contribution in [0.5, 0.6) is 0 Å². The zero-order valence-electron chi connectivity index (χ0n) is 13.5. The van der Waals surface area contributed by atoms with Crippen molar-refractivity contribution in [1.82, 2.24) is 15.1 Å². The number of nitrogens with zero attached hydrogens (tertiary/aromatic N) is 2. The van der Waals surface area contributed by atoms with Crippen LogP contribution >= 0.6 is 0 Å². The Balaban J connectivity index is 1.38. The molecule has 1 aromatic carbocycles. The van der Waals surface area contributed by atoms with Crippen LogP contribution in [0.2, 0.25) is 0 Å². The molecule has 122 valence electrons. The Bertz CT molecular complexity index is 650. The van der Waals surface area contributed by atoms with Crippen molar-refractivity contribution < 1.29 is 5.11 Å². The highest BCUT2D eigenvalue weighted by Gasteiger charge is 2.36. The van der Waals surface area contributed by atoms with Gasteiger partial charge in [0.2, 0.25) is 0 Å². The summed E-state index contributed by atoms with van der Waals surface area (Å²) in [5, 5.41) is 18.0. The van der Waals surface area contributed by atoms with Gasteiger partial charge in [-0.2, -0.15) is 5.10 Å². The van der Waals surface area contributed by atoms with E-state index in [0.717, 1.165) is 31.8 Å². The van der Waals surface area contributed by atoms with Crippen molar-refractivity contribution in [2.75, 3.05) is 6.61 Å².